The number of nitrogens with zero attached hydrogens (tertiary/aromatic N) is 1. The molecule has 1 aromatic carbocycles. The van der Waals surface area contributed by atoms with E-state index in [0.717, 1.165) is 24.9 Å². The van der Waals surface area contributed by atoms with Crippen molar-refractivity contribution in [2.75, 3.05) is 6.54 Å². The van der Waals surface area contributed by atoms with Crippen LogP contribution >= 0.6 is 0 Å². The minimum atomic E-state index is -0.251. The van der Waals surface area contributed by atoms with E-state index in [1.807, 2.05) is 42.2 Å². The van der Waals surface area contributed by atoms with Gasteiger partial charge in [-0.1, -0.05) is 49.6 Å². The first kappa shape index (κ1) is 17.5. The van der Waals surface area contributed by atoms with Crippen molar-refractivity contribution in [2.24, 2.45) is 0 Å². The Labute approximate surface area is 139 Å². The number of carbonyl (C=O) groups excluding carboxylic acids is 2. The lowest BCUT2D eigenvalue weighted by Gasteiger charge is -2.34. The molecule has 2 amide bonds. The summed E-state index contributed by atoms with van der Waals surface area (Å²) >= 11 is 0. The number of nitrogens with one attached hydrogen (secondary N) is 1. The Bertz CT molecular complexity index is 509. The van der Waals surface area contributed by atoms with E-state index in [-0.39, 0.29) is 17.9 Å². The average molecular weight is 316 g/mol. The van der Waals surface area contributed by atoms with Crippen LogP contribution in [0.15, 0.2) is 30.3 Å². The molecule has 0 radical (unpaired) electrons. The maximum Gasteiger partial charge on any atom is 0.225 e. The molecule has 0 saturated heterocycles. The molecule has 23 heavy (non-hydrogen) atoms. The summed E-state index contributed by atoms with van der Waals surface area (Å²) in [6.07, 6.45) is 6.24. The third-order valence-electron chi connectivity index (χ3n) is 4.63. The SMILES string of the molecule is CCN(C(=O)CC(NC(C)=O)c1ccccc1)C1CCCCC1. The highest BCUT2D eigenvalue weighted by Gasteiger charge is 2.26. The average Bonchev–Trinajstić information content (AvgIpc) is 2.56. The maximum atomic E-state index is 12.8. The number of benzene rings is 1. The molecule has 0 aliphatic heterocycles. The first-order valence-corrected chi connectivity index (χ1v) is 8.73. The molecule has 1 atom stereocenters. The smallest absolute Gasteiger partial charge is 0.225 e. The van der Waals surface area contributed by atoms with Crippen LogP contribution in [0.1, 0.15) is 64.0 Å². The molecule has 0 heterocycles. The quantitative estimate of drug-likeness (QED) is 0.874. The van der Waals surface area contributed by atoms with Crippen LogP contribution < -0.4 is 5.32 Å². The Balaban J connectivity index is 2.07. The van der Waals surface area contributed by atoms with Gasteiger partial charge in [0.2, 0.25) is 11.8 Å². The molecule has 0 bridgehead atoms. The zero-order valence-electron chi connectivity index (χ0n) is 14.3. The predicted octanol–water partition coefficient (Wildman–Crippen LogP) is 3.44. The molecule has 0 aromatic heterocycles. The van der Waals surface area contributed by atoms with E-state index in [0.29, 0.717) is 12.5 Å². The van der Waals surface area contributed by atoms with Gasteiger partial charge in [0.15, 0.2) is 0 Å². The van der Waals surface area contributed by atoms with Gasteiger partial charge in [0.1, 0.15) is 0 Å². The van der Waals surface area contributed by atoms with Gasteiger partial charge in [0.25, 0.3) is 0 Å². The lowest BCUT2D eigenvalue weighted by molar-refractivity contribution is -0.134. The molecule has 1 aliphatic carbocycles. The first-order valence-electron chi connectivity index (χ1n) is 8.73. The molecule has 1 N–H and O–H groups in total. The standard InChI is InChI=1S/C19H28N2O2/c1-3-21(17-12-8-5-9-13-17)19(23)14-18(20-15(2)22)16-10-6-4-7-11-16/h4,6-7,10-11,17-18H,3,5,8-9,12-14H2,1-2H3,(H,20,22). The Hall–Kier alpha value is -1.84. The highest BCUT2D eigenvalue weighted by atomic mass is 16.2. The Morgan fingerprint density at radius 2 is 1.83 bits per heavy atom. The van der Waals surface area contributed by atoms with Crippen molar-refractivity contribution in [2.45, 2.75) is 64.5 Å². The predicted molar refractivity (Wildman–Crippen MR) is 91.9 cm³/mol. The highest BCUT2D eigenvalue weighted by molar-refractivity contribution is 5.79. The molecular formula is C19H28N2O2. The zero-order valence-corrected chi connectivity index (χ0v) is 14.3. The lowest BCUT2D eigenvalue weighted by Crippen LogP contribution is -2.43. The molecular weight excluding hydrogens is 288 g/mol. The van der Waals surface area contributed by atoms with Crippen LogP contribution in [0, 0.1) is 0 Å². The molecule has 1 unspecified atom stereocenters. The zero-order chi connectivity index (χ0) is 16.7. The molecule has 1 fully saturated rings. The van der Waals surface area contributed by atoms with E-state index in [1.165, 1.54) is 26.2 Å². The maximum absolute atomic E-state index is 12.8. The Morgan fingerprint density at radius 1 is 1.17 bits per heavy atom. The van der Waals surface area contributed by atoms with Gasteiger partial charge in [-0.3, -0.25) is 9.59 Å². The minimum Gasteiger partial charge on any atom is -0.349 e. The van der Waals surface area contributed by atoms with Gasteiger partial charge in [-0.05, 0) is 25.3 Å². The van der Waals surface area contributed by atoms with Crippen molar-refractivity contribution in [1.82, 2.24) is 10.2 Å². The van der Waals surface area contributed by atoms with E-state index < -0.39 is 0 Å². The van der Waals surface area contributed by atoms with Gasteiger partial charge in [-0.25, -0.2) is 0 Å². The number of carbonyl (C=O) groups is 2. The second-order valence-corrected chi connectivity index (χ2v) is 6.34. The Kier molecular flexibility index (Phi) is 6.63. The van der Waals surface area contributed by atoms with E-state index in [9.17, 15) is 9.59 Å². The summed E-state index contributed by atoms with van der Waals surface area (Å²) in [4.78, 5) is 26.3. The van der Waals surface area contributed by atoms with Crippen LogP contribution in [0.4, 0.5) is 0 Å². The first-order chi connectivity index (χ1) is 11.1. The second kappa shape index (κ2) is 8.70. The largest absolute Gasteiger partial charge is 0.349 e. The third kappa shape index (κ3) is 5.08. The van der Waals surface area contributed by atoms with E-state index in [4.69, 9.17) is 0 Å². The molecule has 1 aliphatic rings. The molecule has 1 saturated carbocycles. The number of rotatable bonds is 6. The third-order valence-corrected chi connectivity index (χ3v) is 4.63. The van der Waals surface area contributed by atoms with Crippen molar-refractivity contribution in [1.29, 1.82) is 0 Å². The van der Waals surface area contributed by atoms with Crippen LogP contribution in [0.5, 0.6) is 0 Å². The number of hydrogen-bond acceptors (Lipinski definition) is 2. The van der Waals surface area contributed by atoms with Crippen LogP contribution in [0.25, 0.3) is 0 Å². The van der Waals surface area contributed by atoms with Gasteiger partial charge < -0.3 is 10.2 Å². The monoisotopic (exact) mass is 316 g/mol. The van der Waals surface area contributed by atoms with Crippen LogP contribution in [-0.4, -0.2) is 29.3 Å². The van der Waals surface area contributed by atoms with Crippen molar-refractivity contribution >= 4 is 11.8 Å². The second-order valence-electron chi connectivity index (χ2n) is 6.34. The fourth-order valence-corrected chi connectivity index (χ4v) is 3.51. The molecule has 1 aromatic rings. The fraction of sp³-hybridized carbons (Fsp3) is 0.579. The molecule has 4 heteroatoms. The van der Waals surface area contributed by atoms with Crippen molar-refractivity contribution < 1.29 is 9.59 Å². The summed E-state index contributed by atoms with van der Waals surface area (Å²) in [6, 6.07) is 9.86. The minimum absolute atomic E-state index is 0.104. The van der Waals surface area contributed by atoms with Crippen molar-refractivity contribution in [3.05, 3.63) is 35.9 Å². The van der Waals surface area contributed by atoms with Gasteiger partial charge in [-0.15, -0.1) is 0 Å². The van der Waals surface area contributed by atoms with Crippen LogP contribution in [0.3, 0.4) is 0 Å². The topological polar surface area (TPSA) is 49.4 Å². The fourth-order valence-electron chi connectivity index (χ4n) is 3.51. The van der Waals surface area contributed by atoms with Gasteiger partial charge >= 0.3 is 0 Å². The van der Waals surface area contributed by atoms with E-state index in [1.54, 1.807) is 0 Å². The van der Waals surface area contributed by atoms with Crippen LogP contribution in [-0.2, 0) is 9.59 Å². The summed E-state index contributed by atoms with van der Waals surface area (Å²) in [7, 11) is 0. The lowest BCUT2D eigenvalue weighted by atomic mass is 9.93. The summed E-state index contributed by atoms with van der Waals surface area (Å²) in [5.74, 6) is 0.0365. The summed E-state index contributed by atoms with van der Waals surface area (Å²) in [5.41, 5.74) is 0.982. The normalized spacial score (nSPS) is 16.6. The molecule has 4 nitrogen and oxygen atoms in total. The summed E-state index contributed by atoms with van der Waals surface area (Å²) in [5, 5.41) is 2.92. The number of amides is 2. The Morgan fingerprint density at radius 3 is 2.39 bits per heavy atom. The molecule has 126 valence electrons. The van der Waals surface area contributed by atoms with Gasteiger partial charge in [0, 0.05) is 19.5 Å². The molecule has 2 rings (SSSR count). The summed E-state index contributed by atoms with van der Waals surface area (Å²) in [6.45, 7) is 4.28. The van der Waals surface area contributed by atoms with Crippen molar-refractivity contribution in [3.8, 4) is 0 Å². The summed E-state index contributed by atoms with van der Waals surface area (Å²) < 4.78 is 0. The van der Waals surface area contributed by atoms with Gasteiger partial charge in [-0.2, -0.15) is 0 Å². The van der Waals surface area contributed by atoms with Crippen molar-refractivity contribution in [3.63, 3.8) is 0 Å². The van der Waals surface area contributed by atoms with E-state index >= 15 is 0 Å². The highest BCUT2D eigenvalue weighted by Crippen LogP contribution is 2.25. The van der Waals surface area contributed by atoms with Crippen LogP contribution in [0.2, 0.25) is 0 Å². The van der Waals surface area contributed by atoms with E-state index in [2.05, 4.69) is 5.32 Å². The molecule has 0 spiro atoms. The van der Waals surface area contributed by atoms with Gasteiger partial charge in [0.05, 0.1) is 12.5 Å². The number of hydrogen-bond donors (Lipinski definition) is 1.